The Kier molecular flexibility index (Phi) is 2.12. The van der Waals surface area contributed by atoms with Crippen LogP contribution in [0.3, 0.4) is 0 Å². The lowest BCUT2D eigenvalue weighted by molar-refractivity contribution is 0.796. The van der Waals surface area contributed by atoms with Gasteiger partial charge in [0.1, 0.15) is 12.0 Å². The third-order valence-corrected chi connectivity index (χ3v) is 3.54. The van der Waals surface area contributed by atoms with Crippen LogP contribution in [0.2, 0.25) is 0 Å². The third-order valence-electron chi connectivity index (χ3n) is 2.81. The number of aromatic nitrogens is 7. The lowest BCUT2D eigenvalue weighted by Gasteiger charge is -1.94. The van der Waals surface area contributed by atoms with E-state index in [1.807, 2.05) is 30.3 Å². The summed E-state index contributed by atoms with van der Waals surface area (Å²) < 4.78 is 3.91. The number of fused-ring (bicyclic) bond motifs is 3. The summed E-state index contributed by atoms with van der Waals surface area (Å²) in [6.07, 6.45) is 1.56. The third kappa shape index (κ3) is 1.46. The smallest absolute Gasteiger partial charge is 0.216 e. The van der Waals surface area contributed by atoms with Gasteiger partial charge in [-0.2, -0.15) is 14.1 Å². The average Bonchev–Trinajstić information content (AvgIpc) is 3.04. The number of halogens is 1. The minimum Gasteiger partial charge on any atom is -0.216 e. The van der Waals surface area contributed by atoms with Crippen molar-refractivity contribution in [1.82, 2.24) is 34.6 Å². The molecule has 19 heavy (non-hydrogen) atoms. The van der Waals surface area contributed by atoms with Crippen LogP contribution in [-0.2, 0) is 0 Å². The fraction of sp³-hybridized carbons (Fsp3) is 0. The quantitative estimate of drug-likeness (QED) is 0.533. The van der Waals surface area contributed by atoms with E-state index in [1.165, 1.54) is 4.52 Å². The summed E-state index contributed by atoms with van der Waals surface area (Å²) in [5, 5.41) is 15.9. The second-order valence-corrected chi connectivity index (χ2v) is 4.73. The van der Waals surface area contributed by atoms with Gasteiger partial charge in [-0.15, -0.1) is 0 Å². The second kappa shape index (κ2) is 3.82. The molecule has 4 rings (SSSR count). The number of tetrazole rings is 1. The molecule has 0 unspecified atom stereocenters. The van der Waals surface area contributed by atoms with E-state index in [0.29, 0.717) is 11.4 Å². The predicted molar refractivity (Wildman–Crippen MR) is 70.5 cm³/mol. The molecule has 3 heterocycles. The highest BCUT2D eigenvalue weighted by Gasteiger charge is 2.16. The van der Waals surface area contributed by atoms with Gasteiger partial charge in [0, 0.05) is 5.56 Å². The van der Waals surface area contributed by atoms with Crippen molar-refractivity contribution in [2.45, 2.75) is 0 Å². The molecular weight excluding hydrogens is 310 g/mol. The highest BCUT2D eigenvalue weighted by Crippen LogP contribution is 2.29. The van der Waals surface area contributed by atoms with Gasteiger partial charge in [-0.1, -0.05) is 35.4 Å². The molecule has 0 aliphatic heterocycles. The summed E-state index contributed by atoms with van der Waals surface area (Å²) in [7, 11) is 0. The maximum atomic E-state index is 4.53. The molecule has 0 N–H and O–H groups in total. The molecule has 7 nitrogen and oxygen atoms in total. The Morgan fingerprint density at radius 2 is 1.95 bits per heavy atom. The summed E-state index contributed by atoms with van der Waals surface area (Å²) in [5.74, 6) is 0.521. The van der Waals surface area contributed by atoms with E-state index in [1.54, 1.807) is 10.8 Å². The minimum absolute atomic E-state index is 0.521. The monoisotopic (exact) mass is 315 g/mol. The summed E-state index contributed by atoms with van der Waals surface area (Å²) in [4.78, 5) is 4.30. The van der Waals surface area contributed by atoms with E-state index in [9.17, 15) is 0 Å². The molecule has 0 aliphatic carbocycles. The molecule has 0 fully saturated rings. The highest BCUT2D eigenvalue weighted by molar-refractivity contribution is 9.10. The van der Waals surface area contributed by atoms with Crippen LogP contribution in [0.25, 0.3) is 22.7 Å². The molecule has 0 bridgehead atoms. The Labute approximate surface area is 115 Å². The van der Waals surface area contributed by atoms with Gasteiger partial charge in [0.15, 0.2) is 5.65 Å². The van der Waals surface area contributed by atoms with E-state index in [-0.39, 0.29) is 0 Å². The molecular formula is C11H6BrN7. The molecule has 0 radical (unpaired) electrons. The summed E-state index contributed by atoms with van der Waals surface area (Å²) in [6.45, 7) is 0. The first-order chi connectivity index (χ1) is 9.34. The molecule has 0 aliphatic rings. The van der Waals surface area contributed by atoms with Crippen LogP contribution < -0.4 is 0 Å². The molecule has 1 aromatic carbocycles. The summed E-state index contributed by atoms with van der Waals surface area (Å²) >= 11 is 3.54. The van der Waals surface area contributed by atoms with Crippen molar-refractivity contribution >= 4 is 27.4 Å². The van der Waals surface area contributed by atoms with E-state index in [0.717, 1.165) is 15.7 Å². The van der Waals surface area contributed by atoms with Gasteiger partial charge in [-0.05, 0) is 26.4 Å². The van der Waals surface area contributed by atoms with Crippen LogP contribution in [0, 0.1) is 0 Å². The van der Waals surface area contributed by atoms with Gasteiger partial charge in [-0.3, -0.25) is 0 Å². The average molecular weight is 316 g/mol. The molecule has 0 atom stereocenters. The van der Waals surface area contributed by atoms with Gasteiger partial charge >= 0.3 is 0 Å². The Morgan fingerprint density at radius 3 is 2.79 bits per heavy atom. The van der Waals surface area contributed by atoms with Crippen LogP contribution in [0.5, 0.6) is 0 Å². The first-order valence-corrected chi connectivity index (χ1v) is 6.30. The Bertz CT molecular complexity index is 880. The van der Waals surface area contributed by atoms with Gasteiger partial charge in [0.2, 0.25) is 0 Å². The Hall–Kier alpha value is -2.35. The molecule has 0 spiro atoms. The lowest BCUT2D eigenvalue weighted by Crippen LogP contribution is -1.99. The first kappa shape index (κ1) is 10.6. The molecule has 92 valence electrons. The van der Waals surface area contributed by atoms with E-state index < -0.39 is 0 Å². The SMILES string of the molecule is Brc1c(-c2ccccc2)nn2c1ncn1nnnc12. The summed E-state index contributed by atoms with van der Waals surface area (Å²) in [6, 6.07) is 9.88. The van der Waals surface area contributed by atoms with Crippen molar-refractivity contribution in [2.24, 2.45) is 0 Å². The van der Waals surface area contributed by atoms with E-state index in [4.69, 9.17) is 0 Å². The molecule has 4 aromatic rings. The van der Waals surface area contributed by atoms with Crippen molar-refractivity contribution in [2.75, 3.05) is 0 Å². The van der Waals surface area contributed by atoms with Crippen molar-refractivity contribution in [1.29, 1.82) is 0 Å². The fourth-order valence-corrected chi connectivity index (χ4v) is 2.51. The van der Waals surface area contributed by atoms with Gasteiger partial charge in [-0.25, -0.2) is 4.98 Å². The number of nitrogens with zero attached hydrogens (tertiary/aromatic N) is 7. The van der Waals surface area contributed by atoms with Crippen LogP contribution >= 0.6 is 15.9 Å². The van der Waals surface area contributed by atoms with Crippen LogP contribution in [-0.4, -0.2) is 34.6 Å². The summed E-state index contributed by atoms with van der Waals surface area (Å²) in [5.41, 5.74) is 2.50. The van der Waals surface area contributed by atoms with Gasteiger partial charge in [0.25, 0.3) is 5.78 Å². The fourth-order valence-electron chi connectivity index (χ4n) is 1.93. The molecule has 8 heteroatoms. The predicted octanol–water partition coefficient (Wildman–Crippen LogP) is 1.60. The zero-order valence-electron chi connectivity index (χ0n) is 9.47. The largest absolute Gasteiger partial charge is 0.278 e. The maximum absolute atomic E-state index is 4.53. The first-order valence-electron chi connectivity index (χ1n) is 5.51. The Morgan fingerprint density at radius 1 is 1.11 bits per heavy atom. The van der Waals surface area contributed by atoms with Crippen molar-refractivity contribution in [3.8, 4) is 11.3 Å². The van der Waals surface area contributed by atoms with Crippen molar-refractivity contribution < 1.29 is 0 Å². The van der Waals surface area contributed by atoms with Crippen LogP contribution in [0.4, 0.5) is 0 Å². The van der Waals surface area contributed by atoms with Crippen molar-refractivity contribution in [3.05, 3.63) is 41.1 Å². The lowest BCUT2D eigenvalue weighted by atomic mass is 10.2. The molecule has 0 saturated heterocycles. The van der Waals surface area contributed by atoms with Gasteiger partial charge in [0.05, 0.1) is 4.47 Å². The van der Waals surface area contributed by atoms with E-state index >= 15 is 0 Å². The number of rotatable bonds is 1. The zero-order valence-corrected chi connectivity index (χ0v) is 11.1. The molecule has 0 amide bonds. The number of benzene rings is 1. The van der Waals surface area contributed by atoms with Crippen LogP contribution in [0.1, 0.15) is 0 Å². The minimum atomic E-state index is 0.521. The molecule has 0 saturated carbocycles. The van der Waals surface area contributed by atoms with Gasteiger partial charge < -0.3 is 0 Å². The standard InChI is InChI=1S/C11H6BrN7/c12-8-9(7-4-2-1-3-5-7)15-19-10(8)13-6-18-11(19)14-16-17-18/h1-6H. The highest BCUT2D eigenvalue weighted by atomic mass is 79.9. The van der Waals surface area contributed by atoms with Crippen LogP contribution in [0.15, 0.2) is 41.1 Å². The van der Waals surface area contributed by atoms with E-state index in [2.05, 4.69) is 41.5 Å². The topological polar surface area (TPSA) is 73.3 Å². The normalized spacial score (nSPS) is 11.4. The number of hydrogen-bond donors (Lipinski definition) is 0. The maximum Gasteiger partial charge on any atom is 0.278 e. The molecule has 3 aromatic heterocycles. The zero-order chi connectivity index (χ0) is 12.8. The second-order valence-electron chi connectivity index (χ2n) is 3.93. The van der Waals surface area contributed by atoms with Crippen molar-refractivity contribution in [3.63, 3.8) is 0 Å². The number of hydrogen-bond acceptors (Lipinski definition) is 5. The Balaban J connectivity index is 2.10.